The molecule has 0 unspecified atom stereocenters. The van der Waals surface area contributed by atoms with E-state index in [4.69, 9.17) is 4.74 Å². The molecular weight excluding hydrogens is 206 g/mol. The van der Waals surface area contributed by atoms with Gasteiger partial charge in [-0.15, -0.1) is 0 Å². The summed E-state index contributed by atoms with van der Waals surface area (Å²) in [6.45, 7) is 4.02. The second-order valence-corrected chi connectivity index (χ2v) is 4.90. The van der Waals surface area contributed by atoms with E-state index in [1.807, 2.05) is 6.92 Å². The highest BCUT2D eigenvalue weighted by molar-refractivity contribution is 5.76. The molecule has 1 aliphatic carbocycles. The van der Waals surface area contributed by atoms with Gasteiger partial charge in [0.25, 0.3) is 0 Å². The topological polar surface area (TPSA) is 49.8 Å². The van der Waals surface area contributed by atoms with E-state index >= 15 is 0 Å². The van der Waals surface area contributed by atoms with E-state index in [-0.39, 0.29) is 12.0 Å². The minimum absolute atomic E-state index is 0.205. The Morgan fingerprint density at radius 3 is 2.81 bits per heavy atom. The Morgan fingerprint density at radius 1 is 1.50 bits per heavy atom. The summed E-state index contributed by atoms with van der Waals surface area (Å²) in [6, 6.07) is 0. The fourth-order valence-electron chi connectivity index (χ4n) is 2.56. The molecule has 16 heavy (non-hydrogen) atoms. The molecule has 2 rings (SSSR count). The Balaban J connectivity index is 1.65. The first-order valence-electron chi connectivity index (χ1n) is 6.26. The zero-order valence-electron chi connectivity index (χ0n) is 9.89. The van der Waals surface area contributed by atoms with Crippen LogP contribution in [0.15, 0.2) is 0 Å². The summed E-state index contributed by atoms with van der Waals surface area (Å²) in [5.74, 6) is 0.707. The zero-order chi connectivity index (χ0) is 11.5. The molecule has 1 saturated carbocycles. The van der Waals surface area contributed by atoms with Gasteiger partial charge in [-0.3, -0.25) is 4.79 Å². The Labute approximate surface area is 96.6 Å². The predicted molar refractivity (Wildman–Crippen MR) is 60.0 cm³/mol. The predicted octanol–water partition coefficient (Wildman–Crippen LogP) is 0.785. The highest BCUT2D eigenvalue weighted by Gasteiger charge is 2.33. The van der Waals surface area contributed by atoms with Crippen LogP contribution < -0.4 is 0 Å². The van der Waals surface area contributed by atoms with Crippen LogP contribution >= 0.6 is 0 Å². The molecule has 1 heterocycles. The normalized spacial score (nSPS) is 33.9. The summed E-state index contributed by atoms with van der Waals surface area (Å²) < 4.78 is 5.47. The molecule has 4 heteroatoms. The van der Waals surface area contributed by atoms with E-state index < -0.39 is 0 Å². The first-order valence-corrected chi connectivity index (χ1v) is 6.26. The van der Waals surface area contributed by atoms with E-state index in [0.29, 0.717) is 25.0 Å². The number of likely N-dealkylation sites (tertiary alicyclic amines) is 1. The molecule has 0 aromatic carbocycles. The molecule has 1 amide bonds. The summed E-state index contributed by atoms with van der Waals surface area (Å²) in [5, 5.41) is 9.35. The number of ether oxygens (including phenoxy) is 1. The van der Waals surface area contributed by atoms with Gasteiger partial charge in [0.1, 0.15) is 0 Å². The smallest absolute Gasteiger partial charge is 0.222 e. The summed E-state index contributed by atoms with van der Waals surface area (Å²) in [4.78, 5) is 13.6. The molecule has 0 aromatic rings. The molecule has 0 spiro atoms. The first-order chi connectivity index (χ1) is 7.69. The summed E-state index contributed by atoms with van der Waals surface area (Å²) in [7, 11) is 0. The maximum absolute atomic E-state index is 11.8. The van der Waals surface area contributed by atoms with Crippen LogP contribution in [0.2, 0.25) is 0 Å². The number of aliphatic hydroxyl groups is 1. The van der Waals surface area contributed by atoms with Crippen LogP contribution in [0.4, 0.5) is 0 Å². The molecule has 0 bridgehead atoms. The van der Waals surface area contributed by atoms with Gasteiger partial charge in [0, 0.05) is 26.1 Å². The summed E-state index contributed by atoms with van der Waals surface area (Å²) >= 11 is 0. The van der Waals surface area contributed by atoms with Gasteiger partial charge in [0.05, 0.1) is 12.2 Å². The number of nitrogens with zero attached hydrogens (tertiary/aromatic N) is 1. The number of rotatable bonds is 4. The highest BCUT2D eigenvalue weighted by Crippen LogP contribution is 2.33. The van der Waals surface area contributed by atoms with E-state index in [2.05, 4.69) is 0 Å². The van der Waals surface area contributed by atoms with Crippen molar-refractivity contribution < 1.29 is 14.6 Å². The molecule has 4 nitrogen and oxygen atoms in total. The van der Waals surface area contributed by atoms with Crippen LogP contribution in [0.3, 0.4) is 0 Å². The standard InChI is InChI=1S/C12H21NO3/c1-2-16-11-5-9(6-11)7-12(15)13-4-3-10(14)8-13/h9-11,14H,2-8H2,1H3/t9?,10-,11?/m0/s1. The van der Waals surface area contributed by atoms with Gasteiger partial charge in [-0.2, -0.15) is 0 Å². The second kappa shape index (κ2) is 5.15. The van der Waals surface area contributed by atoms with Crippen molar-refractivity contribution in [1.29, 1.82) is 0 Å². The van der Waals surface area contributed by atoms with Crippen LogP contribution in [0.25, 0.3) is 0 Å². The molecule has 2 fully saturated rings. The number of hydrogen-bond donors (Lipinski definition) is 1. The lowest BCUT2D eigenvalue weighted by atomic mass is 9.80. The van der Waals surface area contributed by atoms with Gasteiger partial charge < -0.3 is 14.7 Å². The van der Waals surface area contributed by atoms with E-state index in [9.17, 15) is 9.90 Å². The summed E-state index contributed by atoms with van der Waals surface area (Å²) in [5.41, 5.74) is 0. The molecule has 1 atom stereocenters. The summed E-state index contributed by atoms with van der Waals surface area (Å²) in [6.07, 6.45) is 3.49. The first kappa shape index (κ1) is 11.9. The Hall–Kier alpha value is -0.610. The lowest BCUT2D eigenvalue weighted by Crippen LogP contribution is -2.37. The van der Waals surface area contributed by atoms with E-state index in [1.165, 1.54) is 0 Å². The Kier molecular flexibility index (Phi) is 3.82. The van der Waals surface area contributed by atoms with Gasteiger partial charge in [-0.25, -0.2) is 0 Å². The second-order valence-electron chi connectivity index (χ2n) is 4.90. The van der Waals surface area contributed by atoms with Crippen molar-refractivity contribution in [3.8, 4) is 0 Å². The van der Waals surface area contributed by atoms with Crippen molar-refractivity contribution in [3.63, 3.8) is 0 Å². The van der Waals surface area contributed by atoms with Crippen LogP contribution in [-0.2, 0) is 9.53 Å². The quantitative estimate of drug-likeness (QED) is 0.772. The third-order valence-corrected chi connectivity index (χ3v) is 3.57. The maximum Gasteiger partial charge on any atom is 0.222 e. The van der Waals surface area contributed by atoms with E-state index in [0.717, 1.165) is 32.4 Å². The van der Waals surface area contributed by atoms with Crippen molar-refractivity contribution in [2.24, 2.45) is 5.92 Å². The Bertz CT molecular complexity index is 251. The van der Waals surface area contributed by atoms with Gasteiger partial charge in [-0.05, 0) is 32.1 Å². The molecule has 2 aliphatic rings. The van der Waals surface area contributed by atoms with Crippen molar-refractivity contribution in [2.45, 2.75) is 44.8 Å². The van der Waals surface area contributed by atoms with Crippen molar-refractivity contribution in [2.75, 3.05) is 19.7 Å². The number of carbonyl (C=O) groups excluding carboxylic acids is 1. The van der Waals surface area contributed by atoms with Crippen molar-refractivity contribution in [1.82, 2.24) is 4.90 Å². The molecule has 0 radical (unpaired) electrons. The van der Waals surface area contributed by atoms with Gasteiger partial charge in [-0.1, -0.05) is 0 Å². The average molecular weight is 227 g/mol. The van der Waals surface area contributed by atoms with Crippen LogP contribution in [-0.4, -0.2) is 47.8 Å². The lowest BCUT2D eigenvalue weighted by Gasteiger charge is -2.35. The molecule has 1 aliphatic heterocycles. The van der Waals surface area contributed by atoms with Crippen molar-refractivity contribution in [3.05, 3.63) is 0 Å². The van der Waals surface area contributed by atoms with Crippen LogP contribution in [0.1, 0.15) is 32.6 Å². The minimum Gasteiger partial charge on any atom is -0.391 e. The monoisotopic (exact) mass is 227 g/mol. The van der Waals surface area contributed by atoms with Gasteiger partial charge in [0.2, 0.25) is 5.91 Å². The Morgan fingerprint density at radius 2 is 2.25 bits per heavy atom. The molecule has 92 valence electrons. The highest BCUT2D eigenvalue weighted by atomic mass is 16.5. The van der Waals surface area contributed by atoms with Crippen molar-refractivity contribution >= 4 is 5.91 Å². The third kappa shape index (κ3) is 2.74. The van der Waals surface area contributed by atoms with E-state index in [1.54, 1.807) is 4.90 Å². The molecule has 1 saturated heterocycles. The molecule has 0 aromatic heterocycles. The minimum atomic E-state index is -0.304. The molecular formula is C12H21NO3. The fraction of sp³-hybridized carbons (Fsp3) is 0.917. The number of carbonyl (C=O) groups is 1. The van der Waals surface area contributed by atoms with Crippen LogP contribution in [0.5, 0.6) is 0 Å². The number of hydrogen-bond acceptors (Lipinski definition) is 3. The zero-order valence-corrected chi connectivity index (χ0v) is 9.89. The lowest BCUT2D eigenvalue weighted by molar-refractivity contribution is -0.133. The molecule has 1 N–H and O–H groups in total. The third-order valence-electron chi connectivity index (χ3n) is 3.57. The number of aliphatic hydroxyl groups excluding tert-OH is 1. The van der Waals surface area contributed by atoms with Gasteiger partial charge >= 0.3 is 0 Å². The fourth-order valence-corrected chi connectivity index (χ4v) is 2.56. The maximum atomic E-state index is 11.8. The van der Waals surface area contributed by atoms with Crippen LogP contribution in [0, 0.1) is 5.92 Å². The number of β-amino-alcohol motifs (C(OH)–C–C–N with tert-alkyl or cyclic N) is 1. The SMILES string of the molecule is CCOC1CC(CC(=O)N2CC[C@H](O)C2)C1. The number of amides is 1. The average Bonchev–Trinajstić information content (AvgIpc) is 2.61. The largest absolute Gasteiger partial charge is 0.391 e. The van der Waals surface area contributed by atoms with Gasteiger partial charge in [0.15, 0.2) is 0 Å².